The van der Waals surface area contributed by atoms with E-state index in [0.29, 0.717) is 23.2 Å². The summed E-state index contributed by atoms with van der Waals surface area (Å²) in [6.45, 7) is 17.6. The first-order valence-corrected chi connectivity index (χ1v) is 20.1. The highest BCUT2D eigenvalue weighted by molar-refractivity contribution is 5.88. The van der Waals surface area contributed by atoms with Crippen LogP contribution in [0.5, 0.6) is 0 Å². The van der Waals surface area contributed by atoms with Gasteiger partial charge in [0.1, 0.15) is 0 Å². The molecule has 4 aromatic rings. The number of nitrogens with zero attached hydrogens (tertiary/aromatic N) is 1. The third kappa shape index (κ3) is 4.33. The zero-order valence-electron chi connectivity index (χ0n) is 38.2. The van der Waals surface area contributed by atoms with Crippen LogP contribution in [0.25, 0.3) is 11.1 Å². The van der Waals surface area contributed by atoms with E-state index >= 15 is 0 Å². The average Bonchev–Trinajstić information content (AvgIpc) is 3.43. The van der Waals surface area contributed by atoms with Crippen molar-refractivity contribution in [3.8, 4) is 11.1 Å². The first-order valence-electron chi connectivity index (χ1n) is 23.1. The molecule has 0 amide bonds. The molecule has 264 valence electrons. The third-order valence-electron chi connectivity index (χ3n) is 15.4. The zero-order valence-corrected chi connectivity index (χ0v) is 32.2. The first kappa shape index (κ1) is 26.4. The smallest absolute Gasteiger partial charge is 0.0645 e. The Bertz CT molecular complexity index is 2290. The molecule has 4 bridgehead atoms. The van der Waals surface area contributed by atoms with Crippen molar-refractivity contribution in [3.05, 3.63) is 112 Å². The van der Waals surface area contributed by atoms with Crippen molar-refractivity contribution in [1.29, 1.82) is 0 Å². The molecule has 4 aromatic carbocycles. The van der Waals surface area contributed by atoms with Gasteiger partial charge in [-0.3, -0.25) is 0 Å². The quantitative estimate of drug-likeness (QED) is 0.208. The van der Waals surface area contributed by atoms with E-state index < -0.39 is 21.7 Å². The zero-order chi connectivity index (χ0) is 40.5. The molecule has 1 spiro atoms. The van der Waals surface area contributed by atoms with Gasteiger partial charge in [0.05, 0.1) is 19.6 Å². The van der Waals surface area contributed by atoms with E-state index in [1.165, 1.54) is 54.4 Å². The van der Waals surface area contributed by atoms with Crippen LogP contribution in [0.15, 0.2) is 78.7 Å². The molecule has 1 heteroatoms. The highest BCUT2D eigenvalue weighted by Crippen LogP contribution is 2.70. The van der Waals surface area contributed by atoms with Crippen LogP contribution < -0.4 is 4.90 Å². The van der Waals surface area contributed by atoms with Crippen LogP contribution in [0.4, 0.5) is 17.1 Å². The van der Waals surface area contributed by atoms with Gasteiger partial charge in [0.25, 0.3) is 0 Å². The van der Waals surface area contributed by atoms with E-state index in [1.54, 1.807) is 0 Å². The van der Waals surface area contributed by atoms with Gasteiger partial charge in [-0.25, -0.2) is 0 Å². The summed E-state index contributed by atoms with van der Waals surface area (Å²) in [4.78, 5) is 2.14. The molecular formula is C50H59N. The Hall–Kier alpha value is -3.32. The fourth-order valence-electron chi connectivity index (χ4n) is 12.9. The Morgan fingerprint density at radius 3 is 1.57 bits per heavy atom. The van der Waals surface area contributed by atoms with Gasteiger partial charge in [-0.2, -0.15) is 0 Å². The molecule has 0 aliphatic heterocycles. The highest BCUT2D eigenvalue weighted by Gasteiger charge is 2.61. The van der Waals surface area contributed by atoms with Crippen molar-refractivity contribution in [2.75, 3.05) is 4.90 Å². The average molecular weight is 680 g/mol. The molecule has 0 aromatic heterocycles. The number of hydrogen-bond acceptors (Lipinski definition) is 1. The molecule has 1 nitrogen and oxygen atoms in total. The Balaban J connectivity index is 1.36. The molecule has 0 saturated heterocycles. The minimum Gasteiger partial charge on any atom is -0.310 e. The predicted octanol–water partition coefficient (Wildman–Crippen LogP) is 13.6. The molecular weight excluding hydrogens is 615 g/mol. The predicted molar refractivity (Wildman–Crippen MR) is 215 cm³/mol. The van der Waals surface area contributed by atoms with E-state index in [9.17, 15) is 8.22 Å². The molecule has 0 radical (unpaired) electrons. The molecule has 0 heterocycles. The second-order valence-electron chi connectivity index (χ2n) is 20.3. The van der Waals surface area contributed by atoms with E-state index in [4.69, 9.17) is 0 Å². The summed E-state index contributed by atoms with van der Waals surface area (Å²) >= 11 is 0. The maximum atomic E-state index is 9.98. The lowest BCUT2D eigenvalue weighted by molar-refractivity contribution is -0.0399. The first-order chi connectivity index (χ1) is 26.7. The minimum absolute atomic E-state index is 0.000141. The van der Waals surface area contributed by atoms with Crippen molar-refractivity contribution in [2.45, 2.75) is 140 Å². The molecule has 4 saturated carbocycles. The molecule has 0 unspecified atom stereocenters. The van der Waals surface area contributed by atoms with Crippen molar-refractivity contribution in [2.24, 2.45) is 23.7 Å². The molecule has 0 N–H and O–H groups in total. The summed E-state index contributed by atoms with van der Waals surface area (Å²) in [5, 5.41) is 0. The number of rotatable bonds is 3. The summed E-state index contributed by atoms with van der Waals surface area (Å²) in [7, 11) is 0. The molecule has 51 heavy (non-hydrogen) atoms. The monoisotopic (exact) mass is 680 g/mol. The Labute approximate surface area is 316 Å². The van der Waals surface area contributed by atoms with Crippen molar-refractivity contribution >= 4 is 17.1 Å². The minimum atomic E-state index is -0.427. The lowest BCUT2D eigenvalue weighted by Crippen LogP contribution is -2.55. The lowest BCUT2D eigenvalue weighted by atomic mass is 9.43. The van der Waals surface area contributed by atoms with Crippen molar-refractivity contribution in [1.82, 2.24) is 0 Å². The van der Waals surface area contributed by atoms with Crippen LogP contribution in [0.1, 0.15) is 155 Å². The third-order valence-corrected chi connectivity index (χ3v) is 15.4. The fourth-order valence-corrected chi connectivity index (χ4v) is 12.9. The van der Waals surface area contributed by atoms with Crippen LogP contribution in [0.3, 0.4) is 0 Å². The van der Waals surface area contributed by atoms with E-state index in [0.717, 1.165) is 65.5 Å². The summed E-state index contributed by atoms with van der Waals surface area (Å²) in [5.41, 5.74) is 9.20. The van der Waals surface area contributed by atoms with Crippen LogP contribution in [0.2, 0.25) is 0 Å². The molecule has 11 rings (SSSR count). The van der Waals surface area contributed by atoms with Gasteiger partial charge in [0, 0.05) is 11.1 Å². The van der Waals surface area contributed by atoms with E-state index in [1.807, 2.05) is 0 Å². The van der Waals surface area contributed by atoms with Crippen LogP contribution in [-0.4, -0.2) is 0 Å². The van der Waals surface area contributed by atoms with Gasteiger partial charge < -0.3 is 4.90 Å². The maximum Gasteiger partial charge on any atom is 0.0645 e. The second kappa shape index (κ2) is 10.4. The van der Waals surface area contributed by atoms with Gasteiger partial charge >= 0.3 is 0 Å². The van der Waals surface area contributed by atoms with Gasteiger partial charge in [-0.15, -0.1) is 0 Å². The van der Waals surface area contributed by atoms with Gasteiger partial charge in [0.2, 0.25) is 0 Å². The molecule has 7 aliphatic carbocycles. The summed E-state index contributed by atoms with van der Waals surface area (Å²) in [5.74, 6) is 2.72. The second-order valence-corrected chi connectivity index (χ2v) is 20.3. The fraction of sp³-hybridized carbons (Fsp3) is 0.520. The van der Waals surface area contributed by atoms with Crippen molar-refractivity contribution < 1.29 is 8.22 Å². The number of anilines is 3. The van der Waals surface area contributed by atoms with Crippen molar-refractivity contribution in [3.63, 3.8) is 0 Å². The molecule has 4 fully saturated rings. The maximum absolute atomic E-state index is 9.98. The number of fused-ring (bicyclic) bond motifs is 5. The van der Waals surface area contributed by atoms with E-state index in [2.05, 4.69) is 103 Å². The standard InChI is InChI=1S/C50H59N/c1-46(2)21-23-48(5,6)44-39(46)15-11-17-42(44)51(43-18-12-16-40-45(43)49(7,8)24-22-47(40,3)4)35-19-20-37-36-13-9-10-14-38(36)50(41(37)30-35)33-26-31-25-32(28-33)29-34(50)27-31/h9-20,30-34H,21-29H2,1-8H3/i11D,12D,15D,16D,17D,18D. The SMILES string of the molecule is [2H]c1c([2H])c(N(c2ccc3c(c2)C2(c4ccccc4-3)C3CC4CC(C3)CC2C4)c2c([2H])c([2H])c([2H])c3c2C(C)(C)CCC3(C)C)c2c(c1[2H])C(C)(C)CCC2(C)C. The number of benzene rings is 4. The van der Waals surface area contributed by atoms with Crippen LogP contribution >= 0.6 is 0 Å². The summed E-state index contributed by atoms with van der Waals surface area (Å²) in [6, 6.07) is 16.1. The lowest BCUT2D eigenvalue weighted by Gasteiger charge is -2.61. The topological polar surface area (TPSA) is 3.24 Å². The Kier molecular flexibility index (Phi) is 5.40. The molecule has 0 atom stereocenters. The van der Waals surface area contributed by atoms with Crippen LogP contribution in [-0.2, 0) is 27.1 Å². The highest BCUT2D eigenvalue weighted by atomic mass is 15.2. The Morgan fingerprint density at radius 1 is 0.529 bits per heavy atom. The van der Waals surface area contributed by atoms with Gasteiger partial charge in [-0.05, 0) is 172 Å². The largest absolute Gasteiger partial charge is 0.310 e. The van der Waals surface area contributed by atoms with Crippen LogP contribution in [0, 0.1) is 23.7 Å². The summed E-state index contributed by atoms with van der Waals surface area (Å²) in [6.07, 6.45) is 9.87. The number of hydrogen-bond donors (Lipinski definition) is 0. The Morgan fingerprint density at radius 2 is 1.02 bits per heavy atom. The van der Waals surface area contributed by atoms with Gasteiger partial charge in [0.15, 0.2) is 0 Å². The van der Waals surface area contributed by atoms with E-state index in [-0.39, 0.29) is 41.7 Å². The summed E-state index contributed by atoms with van der Waals surface area (Å²) < 4.78 is 57.8. The van der Waals surface area contributed by atoms with Gasteiger partial charge in [-0.1, -0.05) is 110 Å². The normalized spacial score (nSPS) is 32.4. The molecule has 7 aliphatic rings.